The summed E-state index contributed by atoms with van der Waals surface area (Å²) in [7, 11) is 0. The Morgan fingerprint density at radius 2 is 2.10 bits per heavy atom. The third kappa shape index (κ3) is 0.845. The van der Waals surface area contributed by atoms with E-state index in [-0.39, 0.29) is 0 Å². The predicted octanol–water partition coefficient (Wildman–Crippen LogP) is 2.34. The smallest absolute Gasteiger partial charge is 0.0923 e. The van der Waals surface area contributed by atoms with Crippen molar-refractivity contribution in [1.82, 2.24) is 0 Å². The van der Waals surface area contributed by atoms with E-state index in [2.05, 4.69) is 6.58 Å². The average molecular weight is 138 g/mol. The summed E-state index contributed by atoms with van der Waals surface area (Å²) in [5.41, 5.74) is 0. The van der Waals surface area contributed by atoms with Crippen molar-refractivity contribution >= 4 is 0 Å². The van der Waals surface area contributed by atoms with Crippen molar-refractivity contribution in [3.63, 3.8) is 0 Å². The summed E-state index contributed by atoms with van der Waals surface area (Å²) in [6.07, 6.45) is 5.47. The molecule has 1 aliphatic carbocycles. The van der Waals surface area contributed by atoms with Crippen LogP contribution in [0.25, 0.3) is 0 Å². The maximum Gasteiger partial charge on any atom is 0.0923 e. The van der Waals surface area contributed by atoms with Crippen LogP contribution in [0.15, 0.2) is 12.3 Å². The summed E-state index contributed by atoms with van der Waals surface area (Å²) in [6.45, 7) is 4.86. The molecule has 0 N–H and O–H groups in total. The van der Waals surface area contributed by atoms with Crippen LogP contribution in [0.4, 0.5) is 0 Å². The summed E-state index contributed by atoms with van der Waals surface area (Å²) in [5, 5.41) is 0. The molecule has 0 amide bonds. The second kappa shape index (κ2) is 2.30. The zero-order valence-electron chi connectivity index (χ0n) is 6.31. The number of fused-ring (bicyclic) bond motifs is 1. The average Bonchev–Trinajstić information content (AvgIpc) is 2.34. The summed E-state index contributed by atoms with van der Waals surface area (Å²) < 4.78 is 5.41. The molecule has 2 rings (SSSR count). The van der Waals surface area contributed by atoms with E-state index in [0.29, 0.717) is 5.92 Å². The normalized spacial score (nSPS) is 39.0. The predicted molar refractivity (Wildman–Crippen MR) is 40.5 cm³/mol. The van der Waals surface area contributed by atoms with Crippen molar-refractivity contribution in [3.8, 4) is 0 Å². The Bertz CT molecular complexity index is 151. The van der Waals surface area contributed by atoms with Crippen LogP contribution in [-0.4, -0.2) is 6.61 Å². The first-order valence-electron chi connectivity index (χ1n) is 4.19. The Labute approximate surface area is 62.1 Å². The van der Waals surface area contributed by atoms with Crippen LogP contribution in [0.5, 0.6) is 0 Å². The molecule has 1 heteroatoms. The van der Waals surface area contributed by atoms with Gasteiger partial charge in [0, 0.05) is 11.8 Å². The molecule has 2 aliphatic rings. The van der Waals surface area contributed by atoms with Gasteiger partial charge in [0.15, 0.2) is 0 Å². The third-order valence-electron chi connectivity index (χ3n) is 2.81. The highest BCUT2D eigenvalue weighted by Gasteiger charge is 2.33. The fourth-order valence-electron chi connectivity index (χ4n) is 2.15. The second-order valence-corrected chi connectivity index (χ2v) is 3.43. The highest BCUT2D eigenvalue weighted by molar-refractivity contribution is 5.01. The van der Waals surface area contributed by atoms with E-state index in [1.807, 2.05) is 0 Å². The van der Waals surface area contributed by atoms with E-state index in [0.717, 1.165) is 18.3 Å². The lowest BCUT2D eigenvalue weighted by molar-refractivity contribution is 0.235. The quantitative estimate of drug-likeness (QED) is 0.499. The molecule has 0 bridgehead atoms. The molecule has 1 saturated carbocycles. The standard InChI is InChI=1S/C9H14O/c1-7-9-5-3-2-4-8(9)6-10-7/h8-9H,1-6H2. The van der Waals surface area contributed by atoms with Crippen molar-refractivity contribution in [1.29, 1.82) is 0 Å². The van der Waals surface area contributed by atoms with Gasteiger partial charge in [0.05, 0.1) is 12.4 Å². The Morgan fingerprint density at radius 1 is 1.30 bits per heavy atom. The third-order valence-corrected chi connectivity index (χ3v) is 2.81. The molecule has 1 aliphatic heterocycles. The molecule has 0 radical (unpaired) electrons. The number of hydrogen-bond donors (Lipinski definition) is 0. The van der Waals surface area contributed by atoms with Crippen LogP contribution < -0.4 is 0 Å². The van der Waals surface area contributed by atoms with Crippen LogP contribution in [0.2, 0.25) is 0 Å². The first-order chi connectivity index (χ1) is 4.88. The van der Waals surface area contributed by atoms with Gasteiger partial charge in [0.25, 0.3) is 0 Å². The van der Waals surface area contributed by atoms with Gasteiger partial charge in [-0.2, -0.15) is 0 Å². The van der Waals surface area contributed by atoms with Gasteiger partial charge in [-0.1, -0.05) is 19.4 Å². The van der Waals surface area contributed by atoms with Gasteiger partial charge < -0.3 is 4.74 Å². The van der Waals surface area contributed by atoms with Crippen molar-refractivity contribution in [2.24, 2.45) is 11.8 Å². The summed E-state index contributed by atoms with van der Waals surface area (Å²) >= 11 is 0. The zero-order chi connectivity index (χ0) is 6.97. The van der Waals surface area contributed by atoms with Gasteiger partial charge in [0.2, 0.25) is 0 Å². The number of hydrogen-bond acceptors (Lipinski definition) is 1. The molecule has 2 fully saturated rings. The summed E-state index contributed by atoms with van der Waals surface area (Å²) in [4.78, 5) is 0. The summed E-state index contributed by atoms with van der Waals surface area (Å²) in [6, 6.07) is 0. The molecular weight excluding hydrogens is 124 g/mol. The molecular formula is C9H14O. The molecule has 1 nitrogen and oxygen atoms in total. The van der Waals surface area contributed by atoms with E-state index in [1.54, 1.807) is 0 Å². The Hall–Kier alpha value is -0.460. The molecule has 0 aromatic rings. The van der Waals surface area contributed by atoms with Crippen molar-refractivity contribution < 1.29 is 4.74 Å². The van der Waals surface area contributed by atoms with Gasteiger partial charge in [-0.15, -0.1) is 0 Å². The fourth-order valence-corrected chi connectivity index (χ4v) is 2.15. The number of allylic oxidation sites excluding steroid dienone is 1. The second-order valence-electron chi connectivity index (χ2n) is 3.43. The molecule has 0 aromatic heterocycles. The van der Waals surface area contributed by atoms with E-state index in [9.17, 15) is 0 Å². The lowest BCUT2D eigenvalue weighted by Crippen LogP contribution is -2.15. The zero-order valence-corrected chi connectivity index (χ0v) is 6.31. The Balaban J connectivity index is 2.08. The van der Waals surface area contributed by atoms with Crippen LogP contribution in [0.1, 0.15) is 25.7 Å². The maximum atomic E-state index is 5.41. The van der Waals surface area contributed by atoms with Gasteiger partial charge in [-0.25, -0.2) is 0 Å². The molecule has 10 heavy (non-hydrogen) atoms. The maximum absolute atomic E-state index is 5.41. The minimum Gasteiger partial charge on any atom is -0.498 e. The monoisotopic (exact) mass is 138 g/mol. The van der Waals surface area contributed by atoms with Gasteiger partial charge >= 0.3 is 0 Å². The molecule has 0 aromatic carbocycles. The minimum absolute atomic E-state index is 0.716. The van der Waals surface area contributed by atoms with Crippen molar-refractivity contribution in [2.45, 2.75) is 25.7 Å². The lowest BCUT2D eigenvalue weighted by Gasteiger charge is -2.21. The van der Waals surface area contributed by atoms with Gasteiger partial charge in [-0.3, -0.25) is 0 Å². The van der Waals surface area contributed by atoms with E-state index in [4.69, 9.17) is 4.74 Å². The number of ether oxygens (including phenoxy) is 1. The topological polar surface area (TPSA) is 9.23 Å². The Morgan fingerprint density at radius 3 is 2.90 bits per heavy atom. The molecule has 56 valence electrons. The fraction of sp³-hybridized carbons (Fsp3) is 0.778. The minimum atomic E-state index is 0.716. The largest absolute Gasteiger partial charge is 0.498 e. The van der Waals surface area contributed by atoms with E-state index >= 15 is 0 Å². The van der Waals surface area contributed by atoms with Crippen LogP contribution >= 0.6 is 0 Å². The highest BCUT2D eigenvalue weighted by Crippen LogP contribution is 2.39. The van der Waals surface area contributed by atoms with Crippen LogP contribution in [0, 0.1) is 11.8 Å². The van der Waals surface area contributed by atoms with Gasteiger partial charge in [0.1, 0.15) is 0 Å². The summed E-state index contributed by atoms with van der Waals surface area (Å²) in [5.74, 6) is 2.60. The molecule has 2 atom stereocenters. The van der Waals surface area contributed by atoms with Crippen molar-refractivity contribution in [3.05, 3.63) is 12.3 Å². The molecule has 1 saturated heterocycles. The van der Waals surface area contributed by atoms with Crippen LogP contribution in [0.3, 0.4) is 0 Å². The highest BCUT2D eigenvalue weighted by atomic mass is 16.5. The number of rotatable bonds is 0. The first-order valence-corrected chi connectivity index (χ1v) is 4.19. The van der Waals surface area contributed by atoms with Gasteiger partial charge in [-0.05, 0) is 12.8 Å². The lowest BCUT2D eigenvalue weighted by atomic mass is 9.81. The van der Waals surface area contributed by atoms with Crippen LogP contribution in [-0.2, 0) is 4.74 Å². The Kier molecular flexibility index (Phi) is 1.44. The van der Waals surface area contributed by atoms with Crippen molar-refractivity contribution in [2.75, 3.05) is 6.61 Å². The molecule has 2 unspecified atom stereocenters. The van der Waals surface area contributed by atoms with E-state index < -0.39 is 0 Å². The molecule has 1 heterocycles. The molecule has 0 spiro atoms. The van der Waals surface area contributed by atoms with E-state index in [1.165, 1.54) is 25.7 Å². The first kappa shape index (κ1) is 6.26. The SMILES string of the molecule is C=C1OCC2CCCCC12.